The van der Waals surface area contributed by atoms with Crippen LogP contribution in [0.2, 0.25) is 5.02 Å². The van der Waals surface area contributed by atoms with Gasteiger partial charge in [0.1, 0.15) is 29.7 Å². The van der Waals surface area contributed by atoms with Crippen LogP contribution in [0.25, 0.3) is 0 Å². The van der Waals surface area contributed by atoms with Crippen molar-refractivity contribution in [3.63, 3.8) is 0 Å². The molecule has 30 heavy (non-hydrogen) atoms. The van der Waals surface area contributed by atoms with Crippen LogP contribution in [0.5, 0.6) is 5.75 Å². The van der Waals surface area contributed by atoms with Gasteiger partial charge in [0.15, 0.2) is 11.3 Å². The van der Waals surface area contributed by atoms with Crippen molar-refractivity contribution in [3.05, 3.63) is 58.1 Å². The number of nitrogens with two attached hydrogens (primary N) is 1. The summed E-state index contributed by atoms with van der Waals surface area (Å²) in [5.41, 5.74) is 2.90. The number of halogens is 5. The van der Waals surface area contributed by atoms with Crippen LogP contribution in [-0.4, -0.2) is 43.1 Å². The Kier molecular flexibility index (Phi) is 6.57. The van der Waals surface area contributed by atoms with Gasteiger partial charge in [-0.3, -0.25) is 9.79 Å². The van der Waals surface area contributed by atoms with Gasteiger partial charge in [-0.25, -0.2) is 22.5 Å². The fourth-order valence-corrected chi connectivity index (χ4v) is 3.31. The number of benzene rings is 1. The number of carbonyl (C=O) groups excluding carboxylic acids is 1. The van der Waals surface area contributed by atoms with Crippen LogP contribution < -0.4 is 10.5 Å². The van der Waals surface area contributed by atoms with Crippen molar-refractivity contribution in [2.45, 2.75) is 18.4 Å². The van der Waals surface area contributed by atoms with Crippen LogP contribution >= 0.6 is 11.6 Å². The van der Waals surface area contributed by atoms with E-state index in [0.717, 1.165) is 18.3 Å². The molecule has 0 aliphatic carbocycles. The zero-order valence-corrected chi connectivity index (χ0v) is 16.1. The second-order valence-electron chi connectivity index (χ2n) is 6.49. The van der Waals surface area contributed by atoms with Crippen molar-refractivity contribution in [2.75, 3.05) is 20.1 Å². The van der Waals surface area contributed by atoms with E-state index in [9.17, 15) is 22.4 Å². The van der Waals surface area contributed by atoms with E-state index >= 15 is 0 Å². The minimum Gasteiger partial charge on any atom is -0.461 e. The zero-order valence-electron chi connectivity index (χ0n) is 15.4. The number of ketones is 1. The van der Waals surface area contributed by atoms with E-state index in [1.807, 2.05) is 0 Å². The number of rotatable bonds is 7. The first kappa shape index (κ1) is 22.0. The Labute approximate surface area is 173 Å². The van der Waals surface area contributed by atoms with E-state index in [1.54, 1.807) is 0 Å². The van der Waals surface area contributed by atoms with Crippen LogP contribution in [0, 0.1) is 5.82 Å². The quantitative estimate of drug-likeness (QED) is 0.521. The second-order valence-corrected chi connectivity index (χ2v) is 6.90. The van der Waals surface area contributed by atoms with E-state index in [1.165, 1.54) is 12.1 Å². The first-order valence-corrected chi connectivity index (χ1v) is 9.01. The second kappa shape index (κ2) is 8.97. The highest BCUT2D eigenvalue weighted by Crippen LogP contribution is 2.37. The number of Topliss-reactive ketones (excluding diaryl/α,β-unsaturated/α-hetero) is 1. The highest BCUT2D eigenvalue weighted by molar-refractivity contribution is 6.33. The Bertz CT molecular complexity index is 989. The standard InChI is InChI=1S/C19H16ClF4N3O3/c20-13-5-11(30-9-21)6-26-17(13)15(28)4-10-1-2-14(22)12(3-10)19(18(23)24)8-29-7-16(25)27-19/h1-3,5-6,18H,4,7-9H2,(H2,25,27)/t19-/m0/s1. The molecule has 11 heteroatoms. The minimum absolute atomic E-state index is 0.0368. The number of alkyl halides is 3. The lowest BCUT2D eigenvalue weighted by molar-refractivity contribution is -0.0146. The molecule has 0 unspecified atom stereocenters. The van der Waals surface area contributed by atoms with Gasteiger partial charge >= 0.3 is 0 Å². The molecule has 0 spiro atoms. The van der Waals surface area contributed by atoms with Gasteiger partial charge < -0.3 is 15.2 Å². The monoisotopic (exact) mass is 445 g/mol. The molecular formula is C19H16ClF4N3O3. The summed E-state index contributed by atoms with van der Waals surface area (Å²) in [6, 6.07) is 4.59. The Balaban J connectivity index is 1.92. The van der Waals surface area contributed by atoms with Crippen LogP contribution in [-0.2, 0) is 16.7 Å². The summed E-state index contributed by atoms with van der Waals surface area (Å²) in [6.07, 6.45) is -2.28. The SMILES string of the molecule is NC1=N[C@@](c2cc(CC(=O)c3ncc(OCF)cc3Cl)ccc2F)(C(F)F)COC1. The molecule has 0 bridgehead atoms. The molecule has 0 amide bonds. The van der Waals surface area contributed by atoms with E-state index in [-0.39, 0.29) is 40.9 Å². The molecule has 0 fully saturated rings. The van der Waals surface area contributed by atoms with Crippen molar-refractivity contribution < 1.29 is 31.8 Å². The lowest BCUT2D eigenvalue weighted by Gasteiger charge is -2.33. The van der Waals surface area contributed by atoms with E-state index < -0.39 is 42.6 Å². The van der Waals surface area contributed by atoms with Gasteiger partial charge in [0, 0.05) is 18.1 Å². The molecule has 2 N–H and O–H groups in total. The molecule has 1 aromatic heterocycles. The van der Waals surface area contributed by atoms with Crippen molar-refractivity contribution in [1.29, 1.82) is 0 Å². The van der Waals surface area contributed by atoms with E-state index in [2.05, 4.69) is 14.7 Å². The number of amidine groups is 1. The molecule has 1 aromatic carbocycles. The largest absolute Gasteiger partial charge is 0.461 e. The number of hydrogen-bond acceptors (Lipinski definition) is 6. The summed E-state index contributed by atoms with van der Waals surface area (Å²) < 4.78 is 64.1. The van der Waals surface area contributed by atoms with Gasteiger partial charge in [0.25, 0.3) is 6.43 Å². The van der Waals surface area contributed by atoms with Crippen LogP contribution in [0.15, 0.2) is 35.5 Å². The summed E-state index contributed by atoms with van der Waals surface area (Å²) in [4.78, 5) is 20.2. The molecule has 0 saturated carbocycles. The van der Waals surface area contributed by atoms with Crippen molar-refractivity contribution in [3.8, 4) is 5.75 Å². The number of aliphatic imine (C=N–C) groups is 1. The fourth-order valence-electron chi connectivity index (χ4n) is 3.05. The summed E-state index contributed by atoms with van der Waals surface area (Å²) in [5, 5.41) is -0.0737. The molecule has 0 radical (unpaired) electrons. The molecule has 2 aromatic rings. The number of carbonyl (C=O) groups is 1. The average molecular weight is 446 g/mol. The molecule has 1 atom stereocenters. The predicted molar refractivity (Wildman–Crippen MR) is 100 cm³/mol. The van der Waals surface area contributed by atoms with E-state index in [0.29, 0.717) is 0 Å². The van der Waals surface area contributed by atoms with Crippen molar-refractivity contribution >= 4 is 23.2 Å². The van der Waals surface area contributed by atoms with Crippen LogP contribution in [0.4, 0.5) is 17.6 Å². The highest BCUT2D eigenvalue weighted by atomic mass is 35.5. The van der Waals surface area contributed by atoms with E-state index in [4.69, 9.17) is 22.1 Å². The van der Waals surface area contributed by atoms with Gasteiger partial charge in [0.05, 0.1) is 17.8 Å². The average Bonchev–Trinajstić information content (AvgIpc) is 2.69. The summed E-state index contributed by atoms with van der Waals surface area (Å²) >= 11 is 5.99. The lowest BCUT2D eigenvalue weighted by atomic mass is 9.88. The predicted octanol–water partition coefficient (Wildman–Crippen LogP) is 3.45. The summed E-state index contributed by atoms with van der Waals surface area (Å²) in [7, 11) is 0. The van der Waals surface area contributed by atoms with Crippen molar-refractivity contribution in [1.82, 2.24) is 4.98 Å². The Morgan fingerprint density at radius 2 is 2.13 bits per heavy atom. The Morgan fingerprint density at radius 1 is 1.37 bits per heavy atom. The molecule has 0 saturated heterocycles. The number of pyridine rings is 1. The zero-order chi connectivity index (χ0) is 21.9. The third-order valence-corrected chi connectivity index (χ3v) is 4.73. The molecule has 6 nitrogen and oxygen atoms in total. The van der Waals surface area contributed by atoms with Gasteiger partial charge in [-0.15, -0.1) is 0 Å². The molecular weight excluding hydrogens is 430 g/mol. The molecule has 3 rings (SSSR count). The highest BCUT2D eigenvalue weighted by Gasteiger charge is 2.46. The Morgan fingerprint density at radius 3 is 2.77 bits per heavy atom. The smallest absolute Gasteiger partial charge is 0.269 e. The summed E-state index contributed by atoms with van der Waals surface area (Å²) in [6.45, 7) is -1.80. The fraction of sp³-hybridized carbons (Fsp3) is 0.316. The van der Waals surface area contributed by atoms with Gasteiger partial charge in [-0.05, 0) is 17.7 Å². The number of aromatic nitrogens is 1. The first-order valence-electron chi connectivity index (χ1n) is 8.63. The number of ether oxygens (including phenoxy) is 2. The lowest BCUT2D eigenvalue weighted by Crippen LogP contribution is -2.45. The van der Waals surface area contributed by atoms with Crippen molar-refractivity contribution in [2.24, 2.45) is 10.7 Å². The third-order valence-electron chi connectivity index (χ3n) is 4.44. The topological polar surface area (TPSA) is 86.8 Å². The maximum Gasteiger partial charge on any atom is 0.269 e. The van der Waals surface area contributed by atoms with Gasteiger partial charge in [0.2, 0.25) is 6.86 Å². The minimum atomic E-state index is -3.10. The third kappa shape index (κ3) is 4.39. The molecule has 2 heterocycles. The number of hydrogen-bond donors (Lipinski definition) is 1. The van der Waals surface area contributed by atoms with Crippen LogP contribution in [0.1, 0.15) is 21.6 Å². The Hall–Kier alpha value is -2.72. The van der Waals surface area contributed by atoms with Gasteiger partial charge in [-0.1, -0.05) is 17.7 Å². The number of nitrogens with zero attached hydrogens (tertiary/aromatic N) is 2. The maximum absolute atomic E-state index is 14.5. The van der Waals surface area contributed by atoms with Crippen LogP contribution in [0.3, 0.4) is 0 Å². The molecule has 1 aliphatic rings. The maximum atomic E-state index is 14.5. The van der Waals surface area contributed by atoms with Gasteiger partial charge in [-0.2, -0.15) is 0 Å². The normalized spacial score (nSPS) is 18.9. The molecule has 160 valence electrons. The summed E-state index contributed by atoms with van der Waals surface area (Å²) in [5.74, 6) is -1.64. The first-order chi connectivity index (χ1) is 14.3. The molecule has 1 aliphatic heterocycles.